The Labute approximate surface area is 260 Å². The van der Waals surface area contributed by atoms with Crippen LogP contribution in [0.1, 0.15) is 51.7 Å². The van der Waals surface area contributed by atoms with Crippen molar-refractivity contribution in [3.8, 4) is 11.5 Å². The summed E-state index contributed by atoms with van der Waals surface area (Å²) in [5, 5.41) is 3.84. The van der Waals surface area contributed by atoms with Crippen LogP contribution in [0.4, 0.5) is 10.5 Å². The standard InChI is InChI=1S/C31H33Cl3N2O6/c1-5-40-29(38)14-13-28(37)36(19-21-9-11-24(33)25(34)16-21)26-12-10-22(32)17-27(26)41-23-8-6-7-20(15-23)18-35-30(39)42-31(2,3)4/h6-12,15-17H,5,13-14,18-19H2,1-4H3,(H,35,39). The molecule has 0 saturated carbocycles. The molecule has 3 aromatic carbocycles. The predicted molar refractivity (Wildman–Crippen MR) is 165 cm³/mol. The average Bonchev–Trinajstić information content (AvgIpc) is 2.91. The molecule has 0 aliphatic carbocycles. The minimum Gasteiger partial charge on any atom is -0.466 e. The third kappa shape index (κ3) is 10.4. The highest BCUT2D eigenvalue weighted by Crippen LogP contribution is 2.37. The number of hydrogen-bond donors (Lipinski definition) is 1. The summed E-state index contributed by atoms with van der Waals surface area (Å²) in [5.41, 5.74) is 1.29. The van der Waals surface area contributed by atoms with Crippen molar-refractivity contribution < 1.29 is 28.6 Å². The second kappa shape index (κ2) is 15.1. The Bertz CT molecular complexity index is 1420. The first-order valence-electron chi connectivity index (χ1n) is 13.3. The lowest BCUT2D eigenvalue weighted by atomic mass is 10.1. The normalized spacial score (nSPS) is 11.0. The Morgan fingerprint density at radius 2 is 1.64 bits per heavy atom. The largest absolute Gasteiger partial charge is 0.466 e. The van der Waals surface area contributed by atoms with Gasteiger partial charge in [-0.3, -0.25) is 9.59 Å². The molecule has 0 atom stereocenters. The number of alkyl carbamates (subject to hydrolysis) is 1. The minimum atomic E-state index is -0.616. The van der Waals surface area contributed by atoms with Crippen LogP contribution in [-0.2, 0) is 32.2 Å². The van der Waals surface area contributed by atoms with E-state index in [0.29, 0.717) is 37.8 Å². The summed E-state index contributed by atoms with van der Waals surface area (Å²) in [6.45, 7) is 7.63. The summed E-state index contributed by atoms with van der Waals surface area (Å²) >= 11 is 18.7. The molecule has 3 aromatic rings. The summed E-state index contributed by atoms with van der Waals surface area (Å²) in [6, 6.07) is 17.1. The molecule has 3 rings (SSSR count). The van der Waals surface area contributed by atoms with E-state index < -0.39 is 17.7 Å². The average molecular weight is 636 g/mol. The van der Waals surface area contributed by atoms with Crippen LogP contribution < -0.4 is 15.0 Å². The maximum atomic E-state index is 13.5. The topological polar surface area (TPSA) is 94.2 Å². The molecule has 0 aliphatic rings. The van der Waals surface area contributed by atoms with Crippen LogP contribution in [0.3, 0.4) is 0 Å². The number of amides is 2. The van der Waals surface area contributed by atoms with Gasteiger partial charge in [0.1, 0.15) is 11.4 Å². The highest BCUT2D eigenvalue weighted by molar-refractivity contribution is 6.42. The quantitative estimate of drug-likeness (QED) is 0.213. The number of carbonyl (C=O) groups excluding carboxylic acids is 3. The van der Waals surface area contributed by atoms with Gasteiger partial charge in [0, 0.05) is 24.1 Å². The Hall–Kier alpha value is -3.46. The summed E-state index contributed by atoms with van der Waals surface area (Å²) in [5.74, 6) is -0.0407. The van der Waals surface area contributed by atoms with Crippen LogP contribution >= 0.6 is 34.8 Å². The monoisotopic (exact) mass is 634 g/mol. The van der Waals surface area contributed by atoms with Crippen molar-refractivity contribution in [3.63, 3.8) is 0 Å². The van der Waals surface area contributed by atoms with E-state index in [0.717, 1.165) is 5.56 Å². The van der Waals surface area contributed by atoms with Gasteiger partial charge < -0.3 is 24.4 Å². The number of halogens is 3. The van der Waals surface area contributed by atoms with Crippen molar-refractivity contribution >= 4 is 58.5 Å². The lowest BCUT2D eigenvalue weighted by Crippen LogP contribution is -2.32. The zero-order valence-corrected chi connectivity index (χ0v) is 26.1. The Morgan fingerprint density at radius 3 is 2.33 bits per heavy atom. The molecule has 0 fully saturated rings. The minimum absolute atomic E-state index is 0.0823. The number of nitrogens with one attached hydrogen (secondary N) is 1. The van der Waals surface area contributed by atoms with Crippen LogP contribution in [0.15, 0.2) is 60.7 Å². The maximum Gasteiger partial charge on any atom is 0.407 e. The summed E-state index contributed by atoms with van der Waals surface area (Å²) in [4.78, 5) is 39.1. The molecule has 0 heterocycles. The second-order valence-electron chi connectivity index (χ2n) is 10.3. The van der Waals surface area contributed by atoms with E-state index in [1.165, 1.54) is 4.90 Å². The number of anilines is 1. The van der Waals surface area contributed by atoms with E-state index >= 15 is 0 Å². The maximum absolute atomic E-state index is 13.5. The fourth-order valence-corrected chi connectivity index (χ4v) is 4.32. The fraction of sp³-hybridized carbons (Fsp3) is 0.323. The van der Waals surface area contributed by atoms with Gasteiger partial charge in [-0.25, -0.2) is 4.79 Å². The van der Waals surface area contributed by atoms with Gasteiger partial charge in [0.05, 0.1) is 35.3 Å². The molecule has 0 unspecified atom stereocenters. The van der Waals surface area contributed by atoms with Crippen LogP contribution in [-0.4, -0.2) is 30.2 Å². The third-order valence-electron chi connectivity index (χ3n) is 5.65. The first-order valence-corrected chi connectivity index (χ1v) is 14.4. The SMILES string of the molecule is CCOC(=O)CCC(=O)N(Cc1ccc(Cl)c(Cl)c1)c1ccc(Cl)cc1Oc1cccc(CNC(=O)OC(C)(C)C)c1. The van der Waals surface area contributed by atoms with E-state index in [-0.39, 0.29) is 38.4 Å². The van der Waals surface area contributed by atoms with E-state index in [1.807, 2.05) is 6.07 Å². The van der Waals surface area contributed by atoms with E-state index in [1.54, 1.807) is 82.3 Å². The van der Waals surface area contributed by atoms with Crippen LogP contribution in [0.2, 0.25) is 15.1 Å². The third-order valence-corrected chi connectivity index (χ3v) is 6.62. The van der Waals surface area contributed by atoms with E-state index in [9.17, 15) is 14.4 Å². The fourth-order valence-electron chi connectivity index (χ4n) is 3.83. The van der Waals surface area contributed by atoms with Crippen molar-refractivity contribution in [2.75, 3.05) is 11.5 Å². The number of nitrogens with zero attached hydrogens (tertiary/aromatic N) is 1. The number of hydrogen-bond acceptors (Lipinski definition) is 6. The molecule has 2 amide bonds. The molecule has 0 radical (unpaired) electrons. The molecular weight excluding hydrogens is 603 g/mol. The number of benzene rings is 3. The lowest BCUT2D eigenvalue weighted by molar-refractivity contribution is -0.144. The first-order chi connectivity index (χ1) is 19.8. The number of ether oxygens (including phenoxy) is 3. The van der Waals surface area contributed by atoms with Gasteiger partial charge in [-0.2, -0.15) is 0 Å². The Kier molecular flexibility index (Phi) is 11.9. The first kappa shape index (κ1) is 33.0. The van der Waals surface area contributed by atoms with Gasteiger partial charge in [-0.1, -0.05) is 53.0 Å². The van der Waals surface area contributed by atoms with Gasteiger partial charge in [-0.15, -0.1) is 0 Å². The van der Waals surface area contributed by atoms with Crippen molar-refractivity contribution in [3.05, 3.63) is 86.9 Å². The van der Waals surface area contributed by atoms with E-state index in [4.69, 9.17) is 49.0 Å². The van der Waals surface area contributed by atoms with Crippen LogP contribution in [0, 0.1) is 0 Å². The van der Waals surface area contributed by atoms with Crippen LogP contribution in [0.5, 0.6) is 11.5 Å². The van der Waals surface area contributed by atoms with Crippen LogP contribution in [0.25, 0.3) is 0 Å². The molecule has 42 heavy (non-hydrogen) atoms. The number of esters is 1. The molecule has 0 aromatic heterocycles. The van der Waals surface area contributed by atoms with Gasteiger partial charge in [0.15, 0.2) is 5.75 Å². The van der Waals surface area contributed by atoms with Crippen molar-refractivity contribution in [2.24, 2.45) is 0 Å². The smallest absolute Gasteiger partial charge is 0.407 e. The summed E-state index contributed by atoms with van der Waals surface area (Å²) < 4.78 is 16.5. The zero-order chi connectivity index (χ0) is 30.9. The number of carbonyl (C=O) groups is 3. The number of rotatable bonds is 11. The lowest BCUT2D eigenvalue weighted by Gasteiger charge is -2.26. The Morgan fingerprint density at radius 1 is 0.881 bits per heavy atom. The van der Waals surface area contributed by atoms with Crippen molar-refractivity contribution in [2.45, 2.75) is 59.2 Å². The highest BCUT2D eigenvalue weighted by Gasteiger charge is 2.23. The molecule has 224 valence electrons. The van der Waals surface area contributed by atoms with Gasteiger partial charge >= 0.3 is 12.1 Å². The Balaban J connectivity index is 1.89. The molecule has 8 nitrogen and oxygen atoms in total. The van der Waals surface area contributed by atoms with Crippen molar-refractivity contribution in [1.29, 1.82) is 0 Å². The van der Waals surface area contributed by atoms with Gasteiger partial charge in [0.25, 0.3) is 0 Å². The molecule has 11 heteroatoms. The van der Waals surface area contributed by atoms with E-state index in [2.05, 4.69) is 5.32 Å². The highest BCUT2D eigenvalue weighted by atomic mass is 35.5. The van der Waals surface area contributed by atoms with Gasteiger partial charge in [0.2, 0.25) is 5.91 Å². The molecule has 0 spiro atoms. The van der Waals surface area contributed by atoms with Crippen molar-refractivity contribution in [1.82, 2.24) is 5.32 Å². The molecule has 0 saturated heterocycles. The second-order valence-corrected chi connectivity index (χ2v) is 11.5. The molecule has 0 aliphatic heterocycles. The van der Waals surface area contributed by atoms with Gasteiger partial charge in [-0.05, 0) is 75.2 Å². The molecule has 0 bridgehead atoms. The summed E-state index contributed by atoms with van der Waals surface area (Å²) in [7, 11) is 0. The summed E-state index contributed by atoms with van der Waals surface area (Å²) in [6.07, 6.45) is -0.708. The molecular formula is C31H33Cl3N2O6. The zero-order valence-electron chi connectivity index (χ0n) is 23.8. The predicted octanol–water partition coefficient (Wildman–Crippen LogP) is 8.34. The molecule has 1 N–H and O–H groups in total.